The molecule has 1 unspecified atom stereocenters. The molecule has 0 radical (unpaired) electrons. The van der Waals surface area contributed by atoms with Gasteiger partial charge in [-0.25, -0.2) is 9.97 Å². The standard InChI is InChI=1S/C50H34N6S/c1-3-11-41-37(9-1)47-43(55(41)33-19-15-31(16-20-33)39-29-53-27-7-5-13-45(53)51-39)25-23-35-36-24-26-44-48(50(36)57-49(35)47)38-10-2-4-12-42(38)56(44)34-21-17-32(18-22-34)40-30-54-28-8-6-14-46(54)52-40/h1,3-9,11-21,23-30,34H,2,10,22H2. The number of benzene rings is 4. The molecule has 4 aromatic carbocycles. The average molecular weight is 751 g/mol. The van der Waals surface area contributed by atoms with E-state index in [0.29, 0.717) is 0 Å². The largest absolute Gasteiger partial charge is 0.333 e. The molecule has 0 amide bonds. The van der Waals surface area contributed by atoms with E-state index in [4.69, 9.17) is 9.97 Å². The molecule has 0 fully saturated rings. The van der Waals surface area contributed by atoms with Crippen LogP contribution in [-0.2, 0) is 6.42 Å². The predicted octanol–water partition coefficient (Wildman–Crippen LogP) is 12.6. The van der Waals surface area contributed by atoms with Gasteiger partial charge in [0, 0.05) is 78.1 Å². The third kappa shape index (κ3) is 4.51. The van der Waals surface area contributed by atoms with Crippen molar-refractivity contribution in [2.75, 3.05) is 0 Å². The minimum absolute atomic E-state index is 0.232. The smallest absolute Gasteiger partial charge is 0.137 e. The maximum Gasteiger partial charge on any atom is 0.137 e. The highest BCUT2D eigenvalue weighted by Gasteiger charge is 2.26. The first-order valence-corrected chi connectivity index (χ1v) is 20.5. The molecule has 7 heteroatoms. The Balaban J connectivity index is 0.954. The summed E-state index contributed by atoms with van der Waals surface area (Å²) in [7, 11) is 0. The Kier molecular flexibility index (Phi) is 6.46. The average Bonchev–Trinajstić information content (AvgIpc) is 4.09. The highest BCUT2D eigenvalue weighted by atomic mass is 32.1. The van der Waals surface area contributed by atoms with Crippen molar-refractivity contribution in [2.24, 2.45) is 0 Å². The van der Waals surface area contributed by atoms with E-state index >= 15 is 0 Å². The quantitative estimate of drug-likeness (QED) is 0.180. The Morgan fingerprint density at radius 1 is 0.614 bits per heavy atom. The monoisotopic (exact) mass is 750 g/mol. The van der Waals surface area contributed by atoms with Crippen molar-refractivity contribution < 1.29 is 0 Å². The van der Waals surface area contributed by atoms with Crippen LogP contribution in [0.2, 0.25) is 0 Å². The van der Waals surface area contributed by atoms with Crippen molar-refractivity contribution >= 4 is 87.2 Å². The van der Waals surface area contributed by atoms with Gasteiger partial charge in [-0.15, -0.1) is 11.3 Å². The third-order valence-corrected chi connectivity index (χ3v) is 13.5. The molecule has 2 aliphatic carbocycles. The second kappa shape index (κ2) is 11.8. The van der Waals surface area contributed by atoms with Crippen LogP contribution in [0.15, 0.2) is 158 Å². The fourth-order valence-corrected chi connectivity index (χ4v) is 11.1. The molecule has 0 N–H and O–H groups in total. The molecule has 0 saturated heterocycles. The van der Waals surface area contributed by atoms with E-state index in [2.05, 4.69) is 146 Å². The van der Waals surface area contributed by atoms with Gasteiger partial charge in [0.25, 0.3) is 0 Å². The van der Waals surface area contributed by atoms with E-state index in [9.17, 15) is 0 Å². The van der Waals surface area contributed by atoms with Gasteiger partial charge in [0.2, 0.25) is 0 Å². The van der Waals surface area contributed by atoms with E-state index in [0.717, 1.165) is 53.2 Å². The van der Waals surface area contributed by atoms with Crippen LogP contribution in [0.25, 0.3) is 92.8 Å². The highest BCUT2D eigenvalue weighted by molar-refractivity contribution is 7.27. The second-order valence-electron chi connectivity index (χ2n) is 15.4. The van der Waals surface area contributed by atoms with Crippen LogP contribution in [-0.4, -0.2) is 27.9 Å². The number of thiophene rings is 1. The molecular formula is C50H34N6S. The third-order valence-electron chi connectivity index (χ3n) is 12.2. The molecular weight excluding hydrogens is 717 g/mol. The molecule has 270 valence electrons. The molecule has 0 saturated carbocycles. The first kappa shape index (κ1) is 31.3. The van der Waals surface area contributed by atoms with Gasteiger partial charge < -0.3 is 17.9 Å². The van der Waals surface area contributed by atoms with E-state index in [-0.39, 0.29) is 6.04 Å². The number of para-hydroxylation sites is 1. The maximum absolute atomic E-state index is 4.90. The molecule has 13 rings (SSSR count). The zero-order valence-corrected chi connectivity index (χ0v) is 31.7. The lowest BCUT2D eigenvalue weighted by Crippen LogP contribution is -2.11. The number of rotatable bonds is 4. The summed E-state index contributed by atoms with van der Waals surface area (Å²) in [6.45, 7) is 0. The highest BCUT2D eigenvalue weighted by Crippen LogP contribution is 2.48. The number of nitrogens with zero attached hydrogens (tertiary/aromatic N) is 6. The van der Waals surface area contributed by atoms with Gasteiger partial charge in [0.1, 0.15) is 11.3 Å². The summed E-state index contributed by atoms with van der Waals surface area (Å²) in [5, 5.41) is 6.72. The fourth-order valence-electron chi connectivity index (χ4n) is 9.65. The summed E-state index contributed by atoms with van der Waals surface area (Å²) in [5.74, 6) is 0. The number of hydrogen-bond acceptors (Lipinski definition) is 3. The van der Waals surface area contributed by atoms with Crippen molar-refractivity contribution in [3.8, 4) is 16.9 Å². The van der Waals surface area contributed by atoms with Gasteiger partial charge in [-0.1, -0.05) is 78.9 Å². The number of imidazole rings is 2. The van der Waals surface area contributed by atoms with Crippen LogP contribution in [0.5, 0.6) is 0 Å². The number of fused-ring (bicyclic) bond motifs is 13. The van der Waals surface area contributed by atoms with Crippen molar-refractivity contribution in [1.82, 2.24) is 27.9 Å². The van der Waals surface area contributed by atoms with E-state index in [1.165, 1.54) is 69.7 Å². The lowest BCUT2D eigenvalue weighted by atomic mass is 9.99. The van der Waals surface area contributed by atoms with Crippen molar-refractivity contribution in [3.05, 3.63) is 175 Å². The summed E-state index contributed by atoms with van der Waals surface area (Å²) in [4.78, 5) is 9.77. The summed E-state index contributed by atoms with van der Waals surface area (Å²) < 4.78 is 12.0. The van der Waals surface area contributed by atoms with Gasteiger partial charge in [0.05, 0.1) is 34.0 Å². The summed E-state index contributed by atoms with van der Waals surface area (Å²) in [6.07, 6.45) is 23.2. The maximum atomic E-state index is 4.90. The topological polar surface area (TPSA) is 44.5 Å². The molecule has 57 heavy (non-hydrogen) atoms. The molecule has 0 spiro atoms. The first-order chi connectivity index (χ1) is 28.2. The van der Waals surface area contributed by atoms with E-state index in [1.54, 1.807) is 0 Å². The molecule has 0 aliphatic heterocycles. The van der Waals surface area contributed by atoms with Crippen LogP contribution in [0.4, 0.5) is 0 Å². The Labute approximate surface area is 331 Å². The SMILES string of the molecule is C1=Cc2c(c3c4sc5c(ccc6c5c5ccccc5n6-c5ccc(-c6cn7ccccc7n6)cc5)c4ccc3n2C2C=CC(c3cn4ccccc4n3)=CC2)CC1. The normalized spacial score (nSPS) is 15.6. The molecule has 11 aromatic rings. The number of allylic oxidation sites excluding steroid dienone is 5. The summed E-state index contributed by atoms with van der Waals surface area (Å²) in [6, 6.07) is 39.7. The van der Waals surface area contributed by atoms with E-state index in [1.807, 2.05) is 47.9 Å². The molecule has 7 heterocycles. The van der Waals surface area contributed by atoms with Gasteiger partial charge in [0.15, 0.2) is 0 Å². The Hall–Kier alpha value is -6.96. The number of aryl methyl sites for hydroxylation is 1. The van der Waals surface area contributed by atoms with Gasteiger partial charge in [-0.2, -0.15) is 0 Å². The van der Waals surface area contributed by atoms with E-state index < -0.39 is 0 Å². The van der Waals surface area contributed by atoms with Crippen molar-refractivity contribution in [1.29, 1.82) is 0 Å². The molecule has 7 aromatic heterocycles. The molecule has 1 atom stereocenters. The van der Waals surface area contributed by atoms with Crippen LogP contribution in [0.3, 0.4) is 0 Å². The van der Waals surface area contributed by atoms with Crippen LogP contribution in [0.1, 0.15) is 35.8 Å². The second-order valence-corrected chi connectivity index (χ2v) is 16.4. The van der Waals surface area contributed by atoms with Gasteiger partial charge >= 0.3 is 0 Å². The minimum Gasteiger partial charge on any atom is -0.333 e. The zero-order valence-electron chi connectivity index (χ0n) is 30.9. The Morgan fingerprint density at radius 3 is 2.11 bits per heavy atom. The summed E-state index contributed by atoms with van der Waals surface area (Å²) >= 11 is 1.98. The molecule has 2 aliphatic rings. The lowest BCUT2D eigenvalue weighted by molar-refractivity contribution is 0.622. The van der Waals surface area contributed by atoms with Gasteiger partial charge in [-0.05, 0) is 91.1 Å². The van der Waals surface area contributed by atoms with Crippen LogP contribution >= 0.6 is 11.3 Å². The molecule has 0 bridgehead atoms. The van der Waals surface area contributed by atoms with Gasteiger partial charge in [-0.3, -0.25) is 0 Å². The molecule has 6 nitrogen and oxygen atoms in total. The van der Waals surface area contributed by atoms with Crippen LogP contribution < -0.4 is 0 Å². The zero-order chi connectivity index (χ0) is 37.2. The number of hydrogen-bond donors (Lipinski definition) is 0. The first-order valence-electron chi connectivity index (χ1n) is 19.7. The summed E-state index contributed by atoms with van der Waals surface area (Å²) in [5.41, 5.74) is 14.0. The Bertz CT molecular complexity index is 3490. The Morgan fingerprint density at radius 2 is 1.33 bits per heavy atom. The minimum atomic E-state index is 0.232. The van der Waals surface area contributed by atoms with Crippen molar-refractivity contribution in [2.45, 2.75) is 25.3 Å². The number of aromatic nitrogens is 6. The lowest BCUT2D eigenvalue weighted by Gasteiger charge is -2.22. The van der Waals surface area contributed by atoms with Crippen molar-refractivity contribution in [3.63, 3.8) is 0 Å². The predicted molar refractivity (Wildman–Crippen MR) is 237 cm³/mol. The van der Waals surface area contributed by atoms with Crippen LogP contribution in [0, 0.1) is 0 Å². The number of pyridine rings is 2. The fraction of sp³-hybridized carbons (Fsp3) is 0.0800.